The molecule has 0 saturated heterocycles. The highest BCUT2D eigenvalue weighted by atomic mass is 35.5. The predicted molar refractivity (Wildman–Crippen MR) is 101 cm³/mol. The van der Waals surface area contributed by atoms with E-state index in [0.717, 1.165) is 18.4 Å². The van der Waals surface area contributed by atoms with Crippen molar-refractivity contribution in [3.63, 3.8) is 0 Å². The summed E-state index contributed by atoms with van der Waals surface area (Å²) in [6.45, 7) is 0.424. The Labute approximate surface area is 167 Å². The molecule has 1 fully saturated rings. The van der Waals surface area contributed by atoms with Crippen LogP contribution in [0.4, 0.5) is 0 Å². The second kappa shape index (κ2) is 7.71. The van der Waals surface area contributed by atoms with Gasteiger partial charge in [-0.1, -0.05) is 17.7 Å². The molecule has 0 spiro atoms. The summed E-state index contributed by atoms with van der Waals surface area (Å²) in [7, 11) is -3.65. The number of rotatable bonds is 6. The third-order valence-corrected chi connectivity index (χ3v) is 6.13. The van der Waals surface area contributed by atoms with Gasteiger partial charge in [0, 0.05) is 22.2 Å². The van der Waals surface area contributed by atoms with E-state index in [-0.39, 0.29) is 29.9 Å². The first kappa shape index (κ1) is 19.2. The molecule has 2 aliphatic rings. The van der Waals surface area contributed by atoms with Crippen molar-refractivity contribution in [2.24, 2.45) is 0 Å². The molecular weight excluding hydrogens is 406 g/mol. The van der Waals surface area contributed by atoms with Gasteiger partial charge in [0.25, 0.3) is 0 Å². The number of benzene rings is 2. The van der Waals surface area contributed by atoms with Gasteiger partial charge in [-0.25, -0.2) is 17.9 Å². The molecule has 0 unspecified atom stereocenters. The van der Waals surface area contributed by atoms with Crippen LogP contribution in [0.3, 0.4) is 0 Å². The Balaban J connectivity index is 1.49. The highest BCUT2D eigenvalue weighted by molar-refractivity contribution is 7.89. The van der Waals surface area contributed by atoms with Crippen molar-refractivity contribution in [2.45, 2.75) is 37.0 Å². The quantitative estimate of drug-likeness (QED) is 0.718. The molecule has 0 bridgehead atoms. The number of halogens is 1. The molecule has 4 rings (SSSR count). The second-order valence-electron chi connectivity index (χ2n) is 6.66. The third kappa shape index (κ3) is 4.30. The van der Waals surface area contributed by atoms with Gasteiger partial charge in [-0.2, -0.15) is 0 Å². The number of esters is 1. The van der Waals surface area contributed by atoms with E-state index in [4.69, 9.17) is 25.8 Å². The van der Waals surface area contributed by atoms with Gasteiger partial charge in [-0.05, 0) is 43.2 Å². The molecule has 0 amide bonds. The minimum Gasteiger partial charge on any atom is -0.467 e. The van der Waals surface area contributed by atoms with Crippen molar-refractivity contribution in [3.05, 3.63) is 58.1 Å². The average Bonchev–Trinajstić information content (AvgIpc) is 3.49. The van der Waals surface area contributed by atoms with Crippen molar-refractivity contribution >= 4 is 27.6 Å². The van der Waals surface area contributed by atoms with Crippen LogP contribution in [0.5, 0.6) is 5.75 Å². The molecule has 1 aliphatic heterocycles. The number of carbonyl (C=O) groups excluding carboxylic acids is 1. The Hall–Kier alpha value is -2.13. The molecule has 1 saturated carbocycles. The molecule has 1 aliphatic carbocycles. The van der Waals surface area contributed by atoms with Gasteiger partial charge >= 0.3 is 5.97 Å². The number of fused-ring (bicyclic) bond motifs is 1. The highest BCUT2D eigenvalue weighted by Crippen LogP contribution is 2.32. The fourth-order valence-corrected chi connectivity index (χ4v) is 4.48. The summed E-state index contributed by atoms with van der Waals surface area (Å²) in [4.78, 5) is 12.5. The predicted octanol–water partition coefficient (Wildman–Crippen LogP) is 3.00. The Kier molecular flexibility index (Phi) is 5.29. The zero-order valence-corrected chi connectivity index (χ0v) is 16.4. The maximum Gasteiger partial charge on any atom is 0.338 e. The lowest BCUT2D eigenvalue weighted by Gasteiger charge is -2.21. The van der Waals surface area contributed by atoms with Gasteiger partial charge in [-0.3, -0.25) is 0 Å². The number of ether oxygens (including phenoxy) is 3. The van der Waals surface area contributed by atoms with E-state index in [2.05, 4.69) is 4.72 Å². The first-order chi connectivity index (χ1) is 13.4. The molecule has 7 nitrogen and oxygen atoms in total. The van der Waals surface area contributed by atoms with Crippen LogP contribution in [0.15, 0.2) is 41.3 Å². The topological polar surface area (TPSA) is 90.9 Å². The number of nitrogens with one attached hydrogen (secondary N) is 1. The molecule has 148 valence electrons. The van der Waals surface area contributed by atoms with Crippen LogP contribution in [0.1, 0.15) is 34.3 Å². The summed E-state index contributed by atoms with van der Waals surface area (Å²) in [6, 6.07) is 9.17. The molecule has 28 heavy (non-hydrogen) atoms. The normalized spacial score (nSPS) is 16.2. The van der Waals surface area contributed by atoms with E-state index in [9.17, 15) is 13.2 Å². The van der Waals surface area contributed by atoms with Gasteiger partial charge in [0.2, 0.25) is 10.0 Å². The Bertz CT molecular complexity index is 1020. The summed E-state index contributed by atoms with van der Waals surface area (Å²) in [5, 5.41) is 0.484. The summed E-state index contributed by atoms with van der Waals surface area (Å²) < 4.78 is 43.3. The number of carbonyl (C=O) groups is 1. The summed E-state index contributed by atoms with van der Waals surface area (Å²) in [6.07, 6.45) is 1.66. The Morgan fingerprint density at radius 3 is 2.86 bits per heavy atom. The monoisotopic (exact) mass is 423 g/mol. The van der Waals surface area contributed by atoms with Crippen LogP contribution >= 0.6 is 11.6 Å². The van der Waals surface area contributed by atoms with Crippen LogP contribution < -0.4 is 9.46 Å². The van der Waals surface area contributed by atoms with Gasteiger partial charge in [0.1, 0.15) is 12.4 Å². The van der Waals surface area contributed by atoms with E-state index < -0.39 is 16.0 Å². The Morgan fingerprint density at radius 2 is 2.07 bits per heavy atom. The second-order valence-corrected chi connectivity index (χ2v) is 8.81. The molecule has 1 heterocycles. The van der Waals surface area contributed by atoms with Crippen molar-refractivity contribution in [3.8, 4) is 5.75 Å². The number of hydrogen-bond acceptors (Lipinski definition) is 6. The minimum atomic E-state index is -3.65. The standard InChI is InChI=1S/C19H18ClNO6S/c20-15-6-13-9-25-11-27-18(13)14(7-15)10-26-19(22)12-2-1-3-17(8-12)28(23,24)21-16-4-5-16/h1-3,6-8,16,21H,4-5,9-11H2. The fraction of sp³-hybridized carbons (Fsp3) is 0.316. The SMILES string of the molecule is O=C(OCc1cc(Cl)cc2c1OCOC2)c1cccc(S(=O)(=O)NC2CC2)c1. The van der Waals surface area contributed by atoms with Gasteiger partial charge < -0.3 is 14.2 Å². The number of hydrogen-bond donors (Lipinski definition) is 1. The largest absolute Gasteiger partial charge is 0.467 e. The molecule has 0 aromatic heterocycles. The molecule has 1 N–H and O–H groups in total. The third-order valence-electron chi connectivity index (χ3n) is 4.39. The zero-order valence-electron chi connectivity index (χ0n) is 14.8. The lowest BCUT2D eigenvalue weighted by atomic mass is 10.1. The van der Waals surface area contributed by atoms with Gasteiger partial charge in [-0.15, -0.1) is 0 Å². The molecule has 0 radical (unpaired) electrons. The van der Waals surface area contributed by atoms with E-state index in [1.165, 1.54) is 24.3 Å². The number of sulfonamides is 1. The maximum atomic E-state index is 12.4. The zero-order chi connectivity index (χ0) is 19.7. The van der Waals surface area contributed by atoms with Crippen molar-refractivity contribution in [1.82, 2.24) is 4.72 Å². The fourth-order valence-electron chi connectivity index (χ4n) is 2.87. The summed E-state index contributed by atoms with van der Waals surface area (Å²) in [5.41, 5.74) is 1.56. The van der Waals surface area contributed by atoms with Crippen molar-refractivity contribution in [2.75, 3.05) is 6.79 Å². The van der Waals surface area contributed by atoms with E-state index >= 15 is 0 Å². The minimum absolute atomic E-state index is 0.0152. The smallest absolute Gasteiger partial charge is 0.338 e. The Morgan fingerprint density at radius 1 is 1.25 bits per heavy atom. The van der Waals surface area contributed by atoms with Crippen LogP contribution in [0, 0.1) is 0 Å². The van der Waals surface area contributed by atoms with Gasteiger partial charge in [0.05, 0.1) is 17.1 Å². The van der Waals surface area contributed by atoms with Crippen LogP contribution in [-0.4, -0.2) is 27.2 Å². The van der Waals surface area contributed by atoms with Crippen LogP contribution in [0.2, 0.25) is 5.02 Å². The molecule has 0 atom stereocenters. The molecule has 2 aromatic carbocycles. The summed E-state index contributed by atoms with van der Waals surface area (Å²) in [5.74, 6) is -0.0438. The van der Waals surface area contributed by atoms with Crippen LogP contribution in [-0.2, 0) is 32.7 Å². The highest BCUT2D eigenvalue weighted by Gasteiger charge is 2.28. The maximum absolute atomic E-state index is 12.4. The average molecular weight is 424 g/mol. The summed E-state index contributed by atoms with van der Waals surface area (Å²) >= 11 is 6.11. The first-order valence-electron chi connectivity index (χ1n) is 8.74. The lowest BCUT2D eigenvalue weighted by Crippen LogP contribution is -2.25. The first-order valence-corrected chi connectivity index (χ1v) is 10.6. The van der Waals surface area contributed by atoms with E-state index in [0.29, 0.717) is 22.9 Å². The molecule has 9 heteroatoms. The van der Waals surface area contributed by atoms with Gasteiger partial charge in [0.15, 0.2) is 6.79 Å². The molecule has 2 aromatic rings. The lowest BCUT2D eigenvalue weighted by molar-refractivity contribution is -0.0180. The van der Waals surface area contributed by atoms with Crippen LogP contribution in [0.25, 0.3) is 0 Å². The van der Waals surface area contributed by atoms with Crippen molar-refractivity contribution in [1.29, 1.82) is 0 Å². The van der Waals surface area contributed by atoms with Crippen molar-refractivity contribution < 1.29 is 27.4 Å². The van der Waals surface area contributed by atoms with E-state index in [1.807, 2.05) is 0 Å². The molecular formula is C19H18ClNO6S. The van der Waals surface area contributed by atoms with E-state index in [1.54, 1.807) is 12.1 Å².